The molecule has 1 aliphatic rings. The molecule has 3 aromatic rings. The Morgan fingerprint density at radius 2 is 1.97 bits per heavy atom. The van der Waals surface area contributed by atoms with E-state index >= 15 is 0 Å². The fourth-order valence-electron chi connectivity index (χ4n) is 3.23. The SMILES string of the molecule is N#Cc1ccc(NCCNc2nc(-c3ccc(Cl)cc3Cl)nc3c2CCNC3)nc1. The van der Waals surface area contributed by atoms with Crippen molar-refractivity contribution in [2.45, 2.75) is 13.0 Å². The van der Waals surface area contributed by atoms with E-state index < -0.39 is 0 Å². The highest BCUT2D eigenvalue weighted by Gasteiger charge is 2.19. The number of anilines is 2. The topological polar surface area (TPSA) is 98.5 Å². The molecular weight excluding hydrogens is 421 g/mol. The van der Waals surface area contributed by atoms with Gasteiger partial charge in [-0.1, -0.05) is 23.2 Å². The predicted molar refractivity (Wildman–Crippen MR) is 119 cm³/mol. The first-order valence-corrected chi connectivity index (χ1v) is 10.3. The van der Waals surface area contributed by atoms with Crippen molar-refractivity contribution in [3.05, 3.63) is 63.4 Å². The summed E-state index contributed by atoms with van der Waals surface area (Å²) in [6, 6.07) is 10.9. The zero-order valence-electron chi connectivity index (χ0n) is 16.0. The van der Waals surface area contributed by atoms with Gasteiger partial charge in [0.25, 0.3) is 0 Å². The minimum atomic E-state index is 0.519. The second kappa shape index (κ2) is 9.26. The average molecular weight is 440 g/mol. The van der Waals surface area contributed by atoms with E-state index in [1.165, 1.54) is 0 Å². The van der Waals surface area contributed by atoms with Gasteiger partial charge in [0.15, 0.2) is 5.82 Å². The maximum Gasteiger partial charge on any atom is 0.163 e. The Kier molecular flexibility index (Phi) is 6.29. The lowest BCUT2D eigenvalue weighted by Crippen LogP contribution is -2.27. The molecule has 0 bridgehead atoms. The molecule has 7 nitrogen and oxygen atoms in total. The third kappa shape index (κ3) is 4.62. The van der Waals surface area contributed by atoms with Crippen LogP contribution in [-0.2, 0) is 13.0 Å². The summed E-state index contributed by atoms with van der Waals surface area (Å²) in [5, 5.41) is 19.9. The summed E-state index contributed by atoms with van der Waals surface area (Å²) < 4.78 is 0. The first kappa shape index (κ1) is 20.4. The van der Waals surface area contributed by atoms with Crippen LogP contribution in [0.25, 0.3) is 11.4 Å². The molecule has 0 atom stereocenters. The molecule has 0 saturated carbocycles. The Hall–Kier alpha value is -2.92. The van der Waals surface area contributed by atoms with Gasteiger partial charge in [0.1, 0.15) is 17.7 Å². The average Bonchev–Trinajstić information content (AvgIpc) is 2.77. The maximum absolute atomic E-state index is 8.85. The lowest BCUT2D eigenvalue weighted by atomic mass is 10.1. The fourth-order valence-corrected chi connectivity index (χ4v) is 3.73. The number of fused-ring (bicyclic) bond motifs is 1. The Morgan fingerprint density at radius 3 is 2.73 bits per heavy atom. The van der Waals surface area contributed by atoms with Gasteiger partial charge in [0.2, 0.25) is 0 Å². The minimum absolute atomic E-state index is 0.519. The van der Waals surface area contributed by atoms with Crippen LogP contribution in [0.3, 0.4) is 0 Å². The number of halogens is 2. The van der Waals surface area contributed by atoms with Crippen LogP contribution in [0, 0.1) is 11.3 Å². The molecule has 0 unspecified atom stereocenters. The van der Waals surface area contributed by atoms with Crippen molar-refractivity contribution in [2.24, 2.45) is 0 Å². The van der Waals surface area contributed by atoms with Gasteiger partial charge in [-0.2, -0.15) is 5.26 Å². The van der Waals surface area contributed by atoms with Gasteiger partial charge < -0.3 is 16.0 Å². The van der Waals surface area contributed by atoms with Gasteiger partial charge in [-0.15, -0.1) is 0 Å². The number of nitrogens with zero attached hydrogens (tertiary/aromatic N) is 4. The molecule has 2 aromatic heterocycles. The van der Waals surface area contributed by atoms with E-state index in [9.17, 15) is 0 Å². The molecule has 0 spiro atoms. The van der Waals surface area contributed by atoms with E-state index in [1.54, 1.807) is 30.5 Å². The van der Waals surface area contributed by atoms with Crippen LogP contribution in [0.5, 0.6) is 0 Å². The van der Waals surface area contributed by atoms with Crippen LogP contribution >= 0.6 is 23.2 Å². The highest BCUT2D eigenvalue weighted by molar-refractivity contribution is 6.36. The molecule has 1 aliphatic heterocycles. The molecule has 0 aliphatic carbocycles. The number of hydrogen-bond donors (Lipinski definition) is 3. The van der Waals surface area contributed by atoms with Crippen molar-refractivity contribution in [1.29, 1.82) is 5.26 Å². The first-order chi connectivity index (χ1) is 14.6. The molecule has 0 radical (unpaired) electrons. The summed E-state index contributed by atoms with van der Waals surface area (Å²) in [5.41, 5.74) is 3.38. The smallest absolute Gasteiger partial charge is 0.163 e. The van der Waals surface area contributed by atoms with E-state index in [4.69, 9.17) is 38.4 Å². The van der Waals surface area contributed by atoms with Crippen LogP contribution in [0.15, 0.2) is 36.5 Å². The van der Waals surface area contributed by atoms with Gasteiger partial charge in [-0.25, -0.2) is 15.0 Å². The molecule has 152 valence electrons. The summed E-state index contributed by atoms with van der Waals surface area (Å²) in [5.74, 6) is 2.11. The summed E-state index contributed by atoms with van der Waals surface area (Å²) >= 11 is 12.4. The lowest BCUT2D eigenvalue weighted by molar-refractivity contribution is 0.625. The molecule has 3 heterocycles. The van der Waals surface area contributed by atoms with Crippen molar-refractivity contribution in [1.82, 2.24) is 20.3 Å². The summed E-state index contributed by atoms with van der Waals surface area (Å²) in [7, 11) is 0. The van der Waals surface area contributed by atoms with Gasteiger partial charge in [0.05, 0.1) is 16.3 Å². The maximum atomic E-state index is 8.85. The van der Waals surface area contributed by atoms with Gasteiger partial charge in [-0.3, -0.25) is 0 Å². The molecular formula is C21H19Cl2N7. The monoisotopic (exact) mass is 439 g/mol. The second-order valence-corrected chi connectivity index (χ2v) is 7.61. The lowest BCUT2D eigenvalue weighted by Gasteiger charge is -2.21. The van der Waals surface area contributed by atoms with Crippen LogP contribution in [0.4, 0.5) is 11.6 Å². The number of rotatable bonds is 6. The quantitative estimate of drug-likeness (QED) is 0.501. The third-order valence-electron chi connectivity index (χ3n) is 4.73. The Bertz CT molecular complexity index is 1090. The fraction of sp³-hybridized carbons (Fsp3) is 0.238. The molecule has 0 saturated heterocycles. The highest BCUT2D eigenvalue weighted by Crippen LogP contribution is 2.31. The van der Waals surface area contributed by atoms with Gasteiger partial charge >= 0.3 is 0 Å². The number of hydrogen-bond acceptors (Lipinski definition) is 7. The highest BCUT2D eigenvalue weighted by atomic mass is 35.5. The van der Waals surface area contributed by atoms with Crippen LogP contribution in [-0.4, -0.2) is 34.6 Å². The molecule has 4 rings (SSSR count). The van der Waals surface area contributed by atoms with Crippen molar-refractivity contribution in [2.75, 3.05) is 30.3 Å². The van der Waals surface area contributed by atoms with Crippen molar-refractivity contribution in [3.63, 3.8) is 0 Å². The largest absolute Gasteiger partial charge is 0.368 e. The number of nitriles is 1. The minimum Gasteiger partial charge on any atom is -0.368 e. The standard InChI is InChI=1S/C21H19Cl2N7/c22-14-2-3-15(17(23)9-14)21-29-18-12-25-6-5-16(18)20(30-21)27-8-7-26-19-4-1-13(10-24)11-28-19/h1-4,9,11,25H,5-8,12H2,(H,26,28)(H,27,29,30). The molecule has 30 heavy (non-hydrogen) atoms. The zero-order valence-corrected chi connectivity index (χ0v) is 17.6. The zero-order chi connectivity index (χ0) is 20.9. The van der Waals surface area contributed by atoms with Gasteiger partial charge in [-0.05, 0) is 43.3 Å². The van der Waals surface area contributed by atoms with Crippen LogP contribution in [0.1, 0.15) is 16.8 Å². The molecule has 3 N–H and O–H groups in total. The molecule has 9 heteroatoms. The number of benzene rings is 1. The Balaban J connectivity index is 1.50. The van der Waals surface area contributed by atoms with E-state index in [0.717, 1.165) is 41.4 Å². The Labute approximate surface area is 184 Å². The van der Waals surface area contributed by atoms with Crippen molar-refractivity contribution in [3.8, 4) is 17.5 Å². The first-order valence-electron chi connectivity index (χ1n) is 9.54. The summed E-state index contributed by atoms with van der Waals surface area (Å²) in [6.45, 7) is 2.87. The van der Waals surface area contributed by atoms with Crippen molar-refractivity contribution < 1.29 is 0 Å². The number of nitrogens with one attached hydrogen (secondary N) is 3. The van der Waals surface area contributed by atoms with Crippen LogP contribution < -0.4 is 16.0 Å². The summed E-state index contributed by atoms with van der Waals surface area (Å²) in [6.07, 6.45) is 2.41. The number of aromatic nitrogens is 3. The predicted octanol–water partition coefficient (Wildman–Crippen LogP) is 3.89. The van der Waals surface area contributed by atoms with E-state index in [2.05, 4.69) is 27.0 Å². The summed E-state index contributed by atoms with van der Waals surface area (Å²) in [4.78, 5) is 13.7. The third-order valence-corrected chi connectivity index (χ3v) is 5.27. The molecule has 0 fully saturated rings. The number of pyridine rings is 1. The second-order valence-electron chi connectivity index (χ2n) is 6.77. The van der Waals surface area contributed by atoms with E-state index in [-0.39, 0.29) is 0 Å². The van der Waals surface area contributed by atoms with Crippen LogP contribution in [0.2, 0.25) is 10.0 Å². The van der Waals surface area contributed by atoms with Gasteiger partial charge in [0, 0.05) is 42.0 Å². The molecule has 1 aromatic carbocycles. The van der Waals surface area contributed by atoms with E-state index in [1.807, 2.05) is 6.07 Å². The normalized spacial score (nSPS) is 12.7. The molecule has 0 amide bonds. The van der Waals surface area contributed by atoms with E-state index in [0.29, 0.717) is 41.1 Å². The van der Waals surface area contributed by atoms with Crippen molar-refractivity contribution >= 4 is 34.8 Å². The Morgan fingerprint density at radius 1 is 1.10 bits per heavy atom.